The molecule has 230 valence electrons. The van der Waals surface area contributed by atoms with E-state index in [-0.39, 0.29) is 35.4 Å². The number of carbonyl (C=O) groups excluding carboxylic acids is 2. The summed E-state index contributed by atoms with van der Waals surface area (Å²) in [6, 6.07) is 10.7. The fraction of sp³-hybridized carbons (Fsp3) is 0.533. The lowest BCUT2D eigenvalue weighted by atomic mass is 9.83. The molecule has 12 heteroatoms. The number of hydrogen-bond acceptors (Lipinski definition) is 4. The topological polar surface area (TPSA) is 67.9 Å². The van der Waals surface area contributed by atoms with E-state index in [0.29, 0.717) is 57.3 Å². The van der Waals surface area contributed by atoms with Gasteiger partial charge in [-0.1, -0.05) is 30.3 Å². The summed E-state index contributed by atoms with van der Waals surface area (Å²) in [5.41, 5.74) is -2.14. The largest absolute Gasteiger partial charge is 0.453 e. The van der Waals surface area contributed by atoms with Crippen LogP contribution >= 0.6 is 0 Å². The molecule has 2 amide bonds. The van der Waals surface area contributed by atoms with Gasteiger partial charge in [0.1, 0.15) is 0 Å². The van der Waals surface area contributed by atoms with Crippen LogP contribution < -0.4 is 5.32 Å². The molecule has 1 saturated carbocycles. The van der Waals surface area contributed by atoms with Gasteiger partial charge >= 0.3 is 18.4 Å². The maximum Gasteiger partial charge on any atom is 0.416 e. The average molecular weight is 601 g/mol. The lowest BCUT2D eigenvalue weighted by Crippen LogP contribution is -2.49. The van der Waals surface area contributed by atoms with Gasteiger partial charge in [0.25, 0.3) is 0 Å². The van der Waals surface area contributed by atoms with Crippen molar-refractivity contribution in [1.82, 2.24) is 10.2 Å². The van der Waals surface area contributed by atoms with Gasteiger partial charge < -0.3 is 19.7 Å². The number of piperidine rings is 1. The van der Waals surface area contributed by atoms with Crippen LogP contribution in [0, 0.1) is 5.92 Å². The van der Waals surface area contributed by atoms with Gasteiger partial charge in [-0.3, -0.25) is 4.79 Å². The Morgan fingerprint density at radius 3 is 2.05 bits per heavy atom. The highest BCUT2D eigenvalue weighted by atomic mass is 19.4. The molecule has 2 fully saturated rings. The first-order valence-corrected chi connectivity index (χ1v) is 13.9. The van der Waals surface area contributed by atoms with Gasteiger partial charge in [0.05, 0.1) is 30.4 Å². The number of nitrogens with one attached hydrogen (secondary N) is 1. The number of amides is 2. The van der Waals surface area contributed by atoms with Crippen LogP contribution in [0.1, 0.15) is 73.3 Å². The van der Waals surface area contributed by atoms with Crippen molar-refractivity contribution in [1.29, 1.82) is 0 Å². The molecule has 0 aromatic heterocycles. The molecule has 3 atom stereocenters. The summed E-state index contributed by atoms with van der Waals surface area (Å²) >= 11 is 0. The van der Waals surface area contributed by atoms with Crippen molar-refractivity contribution >= 4 is 12.0 Å². The predicted octanol–water partition coefficient (Wildman–Crippen LogP) is 7.10. The molecule has 42 heavy (non-hydrogen) atoms. The first-order valence-electron chi connectivity index (χ1n) is 13.9. The Morgan fingerprint density at radius 1 is 0.905 bits per heavy atom. The summed E-state index contributed by atoms with van der Waals surface area (Å²) in [6.07, 6.45) is -9.18. The van der Waals surface area contributed by atoms with E-state index in [4.69, 9.17) is 4.74 Å². The van der Waals surface area contributed by atoms with Crippen molar-refractivity contribution < 1.29 is 45.4 Å². The first kappa shape index (κ1) is 31.7. The van der Waals surface area contributed by atoms with E-state index >= 15 is 0 Å². The number of benzene rings is 2. The molecular weight excluding hydrogens is 566 g/mol. The molecule has 1 saturated heterocycles. The zero-order valence-electron chi connectivity index (χ0n) is 23.3. The Bertz CT molecular complexity index is 1200. The van der Waals surface area contributed by atoms with Crippen molar-refractivity contribution in [2.75, 3.05) is 20.2 Å². The number of rotatable bonds is 6. The lowest BCUT2D eigenvalue weighted by molar-refractivity contribution is -0.143. The number of alkyl carbamates (subject to hydrolysis) is 1. The summed E-state index contributed by atoms with van der Waals surface area (Å²) in [5, 5.41) is 2.77. The van der Waals surface area contributed by atoms with E-state index in [1.807, 2.05) is 30.3 Å². The van der Waals surface area contributed by atoms with Crippen LogP contribution in [0.2, 0.25) is 0 Å². The molecule has 3 unspecified atom stereocenters. The quantitative estimate of drug-likeness (QED) is 0.359. The number of hydrogen-bond donors (Lipinski definition) is 1. The van der Waals surface area contributed by atoms with Crippen LogP contribution in [0.3, 0.4) is 0 Å². The minimum Gasteiger partial charge on any atom is -0.453 e. The number of ether oxygens (including phenoxy) is 2. The monoisotopic (exact) mass is 600 g/mol. The molecule has 2 aromatic carbocycles. The van der Waals surface area contributed by atoms with E-state index in [9.17, 15) is 35.9 Å². The van der Waals surface area contributed by atoms with Gasteiger partial charge in [0.2, 0.25) is 5.91 Å². The summed E-state index contributed by atoms with van der Waals surface area (Å²) < 4.78 is 91.5. The molecule has 0 spiro atoms. The molecule has 1 aliphatic carbocycles. The fourth-order valence-electron chi connectivity index (χ4n) is 5.84. The van der Waals surface area contributed by atoms with Crippen LogP contribution in [0.5, 0.6) is 0 Å². The summed E-state index contributed by atoms with van der Waals surface area (Å²) in [7, 11) is 1.29. The number of methoxy groups -OCH3 is 1. The molecule has 4 rings (SSSR count). The van der Waals surface area contributed by atoms with Crippen LogP contribution in [-0.2, 0) is 26.6 Å². The van der Waals surface area contributed by atoms with E-state index in [2.05, 4.69) is 10.1 Å². The minimum atomic E-state index is -4.96. The Balaban J connectivity index is 1.50. The highest BCUT2D eigenvalue weighted by molar-refractivity contribution is 5.79. The maximum absolute atomic E-state index is 13.5. The molecule has 0 radical (unpaired) electrons. The molecule has 2 aliphatic rings. The minimum absolute atomic E-state index is 0.00774. The van der Waals surface area contributed by atoms with E-state index in [1.54, 1.807) is 4.90 Å². The van der Waals surface area contributed by atoms with E-state index in [0.717, 1.165) is 5.56 Å². The summed E-state index contributed by atoms with van der Waals surface area (Å²) in [5.74, 6) is -0.553. The molecule has 1 heterocycles. The Hall–Kier alpha value is -3.28. The smallest absolute Gasteiger partial charge is 0.416 e. The lowest BCUT2D eigenvalue weighted by Gasteiger charge is -2.41. The number of alkyl halides is 6. The Kier molecular flexibility index (Phi) is 9.74. The highest BCUT2D eigenvalue weighted by Crippen LogP contribution is 2.40. The summed E-state index contributed by atoms with van der Waals surface area (Å²) in [4.78, 5) is 26.8. The van der Waals surface area contributed by atoms with Gasteiger partial charge in [-0.2, -0.15) is 26.3 Å². The average Bonchev–Trinajstić information content (AvgIpc) is 2.96. The third kappa shape index (κ3) is 7.76. The number of halogens is 6. The first-order chi connectivity index (χ1) is 19.8. The SMILES string of the molecule is COC(=O)NC1CCC(C(=O)N2CCC(OC(C)c3cc(C(F)(F)F)cc(C(F)(F)F)c3)C(c3ccccc3)C2)CC1. The predicted molar refractivity (Wildman–Crippen MR) is 141 cm³/mol. The highest BCUT2D eigenvalue weighted by Gasteiger charge is 2.40. The number of carbonyl (C=O) groups is 2. The van der Waals surface area contributed by atoms with Crippen molar-refractivity contribution in [2.45, 2.75) is 75.5 Å². The van der Waals surface area contributed by atoms with Crippen molar-refractivity contribution in [3.8, 4) is 0 Å². The molecule has 1 N–H and O–H groups in total. The molecular formula is C30H34F6N2O4. The van der Waals surface area contributed by atoms with Crippen LogP contribution in [0.25, 0.3) is 0 Å². The molecule has 2 aromatic rings. The van der Waals surface area contributed by atoms with Crippen LogP contribution in [0.15, 0.2) is 48.5 Å². The zero-order chi connectivity index (χ0) is 30.7. The molecule has 1 aliphatic heterocycles. The second-order valence-corrected chi connectivity index (χ2v) is 10.9. The van der Waals surface area contributed by atoms with Gasteiger partial charge in [-0.05, 0) is 68.4 Å². The molecule has 0 bridgehead atoms. The van der Waals surface area contributed by atoms with Gasteiger partial charge in [-0.25, -0.2) is 4.79 Å². The van der Waals surface area contributed by atoms with Crippen molar-refractivity contribution in [3.63, 3.8) is 0 Å². The van der Waals surface area contributed by atoms with E-state index < -0.39 is 41.8 Å². The standard InChI is InChI=1S/C30H34F6N2O4/c1-18(21-14-22(29(31,32)33)16-23(15-21)30(34,35)36)42-26-12-13-38(17-25(26)19-6-4-3-5-7-19)27(39)20-8-10-24(11-9-20)37-28(40)41-2/h3-7,14-16,18,20,24-26H,8-13,17H2,1-2H3,(H,37,40). The Labute approximate surface area is 240 Å². The van der Waals surface area contributed by atoms with Gasteiger partial charge in [0.15, 0.2) is 0 Å². The van der Waals surface area contributed by atoms with E-state index in [1.165, 1.54) is 14.0 Å². The van der Waals surface area contributed by atoms with Gasteiger partial charge in [-0.15, -0.1) is 0 Å². The van der Waals surface area contributed by atoms with Crippen molar-refractivity contribution in [3.05, 3.63) is 70.8 Å². The zero-order valence-corrected chi connectivity index (χ0v) is 23.3. The third-order valence-corrected chi connectivity index (χ3v) is 8.13. The number of nitrogens with zero attached hydrogens (tertiary/aromatic N) is 1. The number of likely N-dealkylation sites (tertiary alicyclic amines) is 1. The third-order valence-electron chi connectivity index (χ3n) is 8.13. The van der Waals surface area contributed by atoms with Crippen molar-refractivity contribution in [2.24, 2.45) is 5.92 Å². The fourth-order valence-corrected chi connectivity index (χ4v) is 5.84. The normalized spacial score (nSPS) is 24.1. The van der Waals surface area contributed by atoms with Crippen LogP contribution in [-0.4, -0.2) is 49.2 Å². The summed E-state index contributed by atoms with van der Waals surface area (Å²) in [6.45, 7) is 2.09. The second kappa shape index (κ2) is 12.9. The van der Waals surface area contributed by atoms with Gasteiger partial charge in [0, 0.05) is 31.0 Å². The van der Waals surface area contributed by atoms with Crippen LogP contribution in [0.4, 0.5) is 31.1 Å². The maximum atomic E-state index is 13.5. The Morgan fingerprint density at radius 2 is 1.50 bits per heavy atom. The molecule has 6 nitrogen and oxygen atoms in total. The second-order valence-electron chi connectivity index (χ2n) is 10.9.